The van der Waals surface area contributed by atoms with Gasteiger partial charge in [-0.05, 0) is 37.1 Å². The topological polar surface area (TPSA) is 107 Å². The minimum absolute atomic E-state index is 0.353. The molecule has 114 valence electrons. The first-order valence-corrected chi connectivity index (χ1v) is 8.43. The van der Waals surface area contributed by atoms with Crippen molar-refractivity contribution in [1.29, 1.82) is 5.26 Å². The fourth-order valence-corrected chi connectivity index (χ4v) is 3.49. The lowest BCUT2D eigenvalue weighted by Gasteiger charge is -2.32. The molecule has 21 heavy (non-hydrogen) atoms. The highest BCUT2D eigenvalue weighted by molar-refractivity contribution is 7.89. The quantitative estimate of drug-likeness (QED) is 0.834. The van der Waals surface area contributed by atoms with Crippen molar-refractivity contribution in [3.63, 3.8) is 0 Å². The van der Waals surface area contributed by atoms with Crippen LogP contribution in [-0.4, -0.2) is 43.3 Å². The lowest BCUT2D eigenvalue weighted by Crippen LogP contribution is -2.45. The fourth-order valence-electron chi connectivity index (χ4n) is 2.58. The Morgan fingerprint density at radius 2 is 2.10 bits per heavy atom. The van der Waals surface area contributed by atoms with Crippen molar-refractivity contribution in [2.75, 3.05) is 19.6 Å². The molecule has 1 aliphatic rings. The minimum atomic E-state index is -3.53. The normalized spacial score (nSPS) is 21.7. The number of hydrogen-bond acceptors (Lipinski definition) is 5. The van der Waals surface area contributed by atoms with Gasteiger partial charge in [-0.3, -0.25) is 4.90 Å². The predicted octanol–water partition coefficient (Wildman–Crippen LogP) is 0.345. The van der Waals surface area contributed by atoms with Gasteiger partial charge in [-0.1, -0.05) is 12.1 Å². The molecule has 1 aromatic carbocycles. The van der Waals surface area contributed by atoms with E-state index >= 15 is 0 Å². The Morgan fingerprint density at radius 3 is 2.67 bits per heavy atom. The van der Waals surface area contributed by atoms with E-state index in [1.54, 1.807) is 24.3 Å². The Bertz CT molecular complexity index is 622. The second-order valence-electron chi connectivity index (χ2n) is 5.36. The van der Waals surface area contributed by atoms with Crippen molar-refractivity contribution in [3.8, 4) is 6.07 Å². The molecular formula is C14H19N3O3S. The Balaban J connectivity index is 1.98. The van der Waals surface area contributed by atoms with Crippen LogP contribution in [0.2, 0.25) is 0 Å². The summed E-state index contributed by atoms with van der Waals surface area (Å²) >= 11 is 0. The Kier molecular flexibility index (Phi) is 4.96. The van der Waals surface area contributed by atoms with Gasteiger partial charge in [0.25, 0.3) is 0 Å². The second-order valence-corrected chi connectivity index (χ2v) is 7.21. The van der Waals surface area contributed by atoms with Crippen molar-refractivity contribution in [2.24, 2.45) is 5.14 Å². The van der Waals surface area contributed by atoms with Crippen LogP contribution in [0.25, 0.3) is 0 Å². The summed E-state index contributed by atoms with van der Waals surface area (Å²) in [6.45, 7) is 1.46. The molecule has 6 nitrogen and oxygen atoms in total. The second kappa shape index (κ2) is 6.54. The van der Waals surface area contributed by atoms with Gasteiger partial charge in [0.15, 0.2) is 0 Å². The van der Waals surface area contributed by atoms with Crippen LogP contribution in [0.5, 0.6) is 0 Å². The molecule has 0 aromatic heterocycles. The first kappa shape index (κ1) is 15.9. The van der Waals surface area contributed by atoms with E-state index in [0.29, 0.717) is 30.6 Å². The van der Waals surface area contributed by atoms with Gasteiger partial charge in [-0.25, -0.2) is 13.6 Å². The van der Waals surface area contributed by atoms with Crippen LogP contribution in [0.15, 0.2) is 24.3 Å². The molecule has 0 bridgehead atoms. The summed E-state index contributed by atoms with van der Waals surface area (Å²) in [5.74, 6) is 0. The number of nitrogens with zero attached hydrogens (tertiary/aromatic N) is 2. The predicted molar refractivity (Wildman–Crippen MR) is 78.7 cm³/mol. The number of hydrogen-bond donors (Lipinski definition) is 2. The highest BCUT2D eigenvalue weighted by Crippen LogP contribution is 2.20. The molecule has 2 atom stereocenters. The molecule has 2 rings (SSSR count). The van der Waals surface area contributed by atoms with Crippen molar-refractivity contribution >= 4 is 10.0 Å². The van der Waals surface area contributed by atoms with Gasteiger partial charge in [0.1, 0.15) is 0 Å². The summed E-state index contributed by atoms with van der Waals surface area (Å²) < 4.78 is 22.8. The smallest absolute Gasteiger partial charge is 0.213 e. The maximum absolute atomic E-state index is 11.4. The molecule has 7 heteroatoms. The molecule has 1 saturated heterocycles. The standard InChI is InChI=1S/C14H19N3O3S/c15-8-11-3-5-12(6-4-11)14(18)10-17-7-1-2-13(9-17)21(16,19)20/h3-6,13-14,18H,1-2,7,9-10H2,(H2,16,19,20). The summed E-state index contributed by atoms with van der Waals surface area (Å²) in [6, 6.07) is 8.76. The van der Waals surface area contributed by atoms with Crippen LogP contribution in [0.3, 0.4) is 0 Å². The summed E-state index contributed by atoms with van der Waals surface area (Å²) in [5, 5.41) is 23.6. The number of nitriles is 1. The number of sulfonamides is 1. The van der Waals surface area contributed by atoms with Gasteiger partial charge in [0.2, 0.25) is 10.0 Å². The number of aliphatic hydroxyl groups is 1. The van der Waals surface area contributed by atoms with Crippen LogP contribution in [-0.2, 0) is 10.0 Å². The molecule has 1 aliphatic heterocycles. The van der Waals surface area contributed by atoms with E-state index in [1.165, 1.54) is 0 Å². The lowest BCUT2D eigenvalue weighted by molar-refractivity contribution is 0.102. The fraction of sp³-hybridized carbons (Fsp3) is 0.500. The van der Waals surface area contributed by atoms with Gasteiger partial charge in [0, 0.05) is 13.1 Å². The third-order valence-corrected chi connectivity index (χ3v) is 5.10. The molecule has 1 aromatic rings. The maximum atomic E-state index is 11.4. The summed E-state index contributed by atoms with van der Waals surface area (Å²) in [7, 11) is -3.53. The number of β-amino-alcohol motifs (C(OH)–C–C–N with tert-alkyl or cyclic N) is 1. The van der Waals surface area contributed by atoms with Crippen molar-refractivity contribution in [2.45, 2.75) is 24.2 Å². The van der Waals surface area contributed by atoms with E-state index in [4.69, 9.17) is 10.4 Å². The van der Waals surface area contributed by atoms with Crippen LogP contribution in [0.4, 0.5) is 0 Å². The number of likely N-dealkylation sites (tertiary alicyclic amines) is 1. The molecule has 0 radical (unpaired) electrons. The summed E-state index contributed by atoms with van der Waals surface area (Å²) in [4.78, 5) is 1.92. The van der Waals surface area contributed by atoms with Crippen LogP contribution >= 0.6 is 0 Å². The number of piperidine rings is 1. The molecular weight excluding hydrogens is 290 g/mol. The molecule has 1 fully saturated rings. The highest BCUT2D eigenvalue weighted by atomic mass is 32.2. The first-order valence-electron chi connectivity index (χ1n) is 6.82. The third-order valence-electron chi connectivity index (χ3n) is 3.78. The number of benzene rings is 1. The molecule has 0 saturated carbocycles. The van der Waals surface area contributed by atoms with Gasteiger partial charge >= 0.3 is 0 Å². The molecule has 2 unspecified atom stereocenters. The number of primary sulfonamides is 1. The molecule has 0 amide bonds. The van der Waals surface area contributed by atoms with Gasteiger partial charge in [-0.2, -0.15) is 5.26 Å². The zero-order valence-corrected chi connectivity index (χ0v) is 12.5. The molecule has 3 N–H and O–H groups in total. The summed E-state index contributed by atoms with van der Waals surface area (Å²) in [5.41, 5.74) is 1.25. The van der Waals surface area contributed by atoms with Crippen LogP contribution in [0.1, 0.15) is 30.1 Å². The number of nitrogens with two attached hydrogens (primary N) is 1. The Hall–Kier alpha value is -1.46. The Morgan fingerprint density at radius 1 is 1.43 bits per heavy atom. The monoisotopic (exact) mass is 309 g/mol. The lowest BCUT2D eigenvalue weighted by atomic mass is 10.1. The minimum Gasteiger partial charge on any atom is -0.387 e. The average molecular weight is 309 g/mol. The van der Waals surface area contributed by atoms with E-state index in [1.807, 2.05) is 11.0 Å². The average Bonchev–Trinajstić information content (AvgIpc) is 2.47. The summed E-state index contributed by atoms with van der Waals surface area (Å²) in [6.07, 6.45) is 0.612. The van der Waals surface area contributed by atoms with E-state index in [0.717, 1.165) is 13.0 Å². The SMILES string of the molecule is N#Cc1ccc(C(O)CN2CCCC(S(N)(=O)=O)C2)cc1. The van der Waals surface area contributed by atoms with E-state index in [2.05, 4.69) is 0 Å². The van der Waals surface area contributed by atoms with Crippen molar-refractivity contribution < 1.29 is 13.5 Å². The Labute approximate surface area is 124 Å². The maximum Gasteiger partial charge on any atom is 0.213 e. The van der Waals surface area contributed by atoms with Crippen LogP contribution in [0, 0.1) is 11.3 Å². The van der Waals surface area contributed by atoms with E-state index in [9.17, 15) is 13.5 Å². The first-order chi connectivity index (χ1) is 9.90. The van der Waals surface area contributed by atoms with E-state index < -0.39 is 21.4 Å². The van der Waals surface area contributed by atoms with Crippen molar-refractivity contribution in [3.05, 3.63) is 35.4 Å². The molecule has 0 aliphatic carbocycles. The van der Waals surface area contributed by atoms with Gasteiger partial charge in [-0.15, -0.1) is 0 Å². The zero-order valence-electron chi connectivity index (χ0n) is 11.6. The van der Waals surface area contributed by atoms with E-state index in [-0.39, 0.29) is 0 Å². The van der Waals surface area contributed by atoms with Gasteiger partial charge < -0.3 is 5.11 Å². The van der Waals surface area contributed by atoms with Gasteiger partial charge in [0.05, 0.1) is 23.0 Å². The number of rotatable bonds is 4. The number of aliphatic hydroxyl groups excluding tert-OH is 1. The third kappa shape index (κ3) is 4.25. The van der Waals surface area contributed by atoms with Crippen molar-refractivity contribution in [1.82, 2.24) is 4.90 Å². The molecule has 1 heterocycles. The highest BCUT2D eigenvalue weighted by Gasteiger charge is 2.29. The molecule has 0 spiro atoms. The zero-order chi connectivity index (χ0) is 15.5. The largest absolute Gasteiger partial charge is 0.387 e. The van der Waals surface area contributed by atoms with Crippen LogP contribution < -0.4 is 5.14 Å².